The van der Waals surface area contributed by atoms with Gasteiger partial charge in [0.25, 0.3) is 0 Å². The number of allylic oxidation sites excluding steroid dienone is 1. The van der Waals surface area contributed by atoms with Crippen LogP contribution in [0.1, 0.15) is 24.0 Å². The Labute approximate surface area is 181 Å². The standard InChI is InChI=1S/C24H27N3O4/c1-3-5-16-8-10-17(11-9-16)23-20-13-26(14-22(29)27(20)21(23)15-28)24(30)25-18-6-4-7-19(12-18)31-2/h3-12,20-21,23,28H,13-15H2,1-2H3,(H,25,30)/b5-3+/t20-,21+,23-/m0/s1. The Bertz CT molecular complexity index is 989. The summed E-state index contributed by atoms with van der Waals surface area (Å²) in [6, 6.07) is 14.5. The van der Waals surface area contributed by atoms with E-state index < -0.39 is 0 Å². The van der Waals surface area contributed by atoms with Gasteiger partial charge in [-0.1, -0.05) is 42.5 Å². The summed E-state index contributed by atoms with van der Waals surface area (Å²) in [6.45, 7) is 2.28. The molecule has 3 atom stereocenters. The number of rotatable bonds is 5. The predicted octanol–water partition coefficient (Wildman–Crippen LogP) is 2.93. The molecule has 0 aliphatic carbocycles. The first-order valence-electron chi connectivity index (χ1n) is 10.4. The summed E-state index contributed by atoms with van der Waals surface area (Å²) in [4.78, 5) is 28.9. The first kappa shape index (κ1) is 20.9. The predicted molar refractivity (Wildman–Crippen MR) is 119 cm³/mol. The molecule has 31 heavy (non-hydrogen) atoms. The number of methoxy groups -OCH3 is 1. The van der Waals surface area contributed by atoms with Crippen molar-refractivity contribution in [1.29, 1.82) is 0 Å². The molecule has 2 N–H and O–H groups in total. The highest BCUT2D eigenvalue weighted by Gasteiger charge is 2.54. The minimum absolute atomic E-state index is 0.00421. The van der Waals surface area contributed by atoms with Gasteiger partial charge in [-0.05, 0) is 30.2 Å². The number of carbonyl (C=O) groups is 2. The van der Waals surface area contributed by atoms with Gasteiger partial charge in [-0.25, -0.2) is 4.79 Å². The van der Waals surface area contributed by atoms with Crippen LogP contribution in [0.25, 0.3) is 6.08 Å². The lowest BCUT2D eigenvalue weighted by atomic mass is 9.73. The van der Waals surface area contributed by atoms with Crippen molar-refractivity contribution in [3.05, 3.63) is 65.7 Å². The van der Waals surface area contributed by atoms with E-state index in [4.69, 9.17) is 4.74 Å². The smallest absolute Gasteiger partial charge is 0.322 e. The molecule has 0 radical (unpaired) electrons. The molecule has 7 heteroatoms. The summed E-state index contributed by atoms with van der Waals surface area (Å²) in [6.07, 6.45) is 4.00. The Balaban J connectivity index is 1.50. The van der Waals surface area contributed by atoms with Crippen LogP contribution in [0.3, 0.4) is 0 Å². The van der Waals surface area contributed by atoms with Crippen LogP contribution >= 0.6 is 0 Å². The van der Waals surface area contributed by atoms with Crippen molar-refractivity contribution in [2.24, 2.45) is 0 Å². The van der Waals surface area contributed by atoms with Crippen molar-refractivity contribution in [2.45, 2.75) is 24.9 Å². The Morgan fingerprint density at radius 2 is 2.03 bits per heavy atom. The number of aliphatic hydroxyl groups excluding tert-OH is 1. The molecule has 7 nitrogen and oxygen atoms in total. The Kier molecular flexibility index (Phi) is 5.95. The quantitative estimate of drug-likeness (QED) is 0.778. The van der Waals surface area contributed by atoms with Gasteiger partial charge in [-0.3, -0.25) is 4.79 Å². The molecule has 0 bridgehead atoms. The molecule has 2 saturated heterocycles. The van der Waals surface area contributed by atoms with Gasteiger partial charge < -0.3 is 25.0 Å². The number of piperazine rings is 1. The second kappa shape index (κ2) is 8.81. The van der Waals surface area contributed by atoms with Crippen LogP contribution in [0, 0.1) is 0 Å². The van der Waals surface area contributed by atoms with Crippen LogP contribution < -0.4 is 10.1 Å². The fourth-order valence-electron chi connectivity index (χ4n) is 4.58. The number of nitrogens with one attached hydrogen (secondary N) is 1. The van der Waals surface area contributed by atoms with E-state index in [-0.39, 0.29) is 43.1 Å². The molecule has 162 valence electrons. The molecule has 0 unspecified atom stereocenters. The molecule has 2 aliphatic heterocycles. The summed E-state index contributed by atoms with van der Waals surface area (Å²) in [5.74, 6) is 0.490. The first-order valence-corrected chi connectivity index (χ1v) is 10.4. The van der Waals surface area contributed by atoms with Crippen molar-refractivity contribution in [1.82, 2.24) is 9.80 Å². The summed E-state index contributed by atoms with van der Waals surface area (Å²) >= 11 is 0. The largest absolute Gasteiger partial charge is 0.497 e. The average molecular weight is 421 g/mol. The van der Waals surface area contributed by atoms with Gasteiger partial charge in [0, 0.05) is 24.2 Å². The molecule has 2 aromatic rings. The number of benzene rings is 2. The molecular weight excluding hydrogens is 394 g/mol. The monoisotopic (exact) mass is 421 g/mol. The number of nitrogens with zero attached hydrogens (tertiary/aromatic N) is 2. The SMILES string of the molecule is C/C=C/c1ccc([C@@H]2[C@@H](CO)N3C(=O)CN(C(=O)Nc4cccc(OC)c4)C[C@@H]23)cc1. The van der Waals surface area contributed by atoms with Gasteiger partial charge >= 0.3 is 6.03 Å². The van der Waals surface area contributed by atoms with Gasteiger partial charge in [-0.2, -0.15) is 0 Å². The van der Waals surface area contributed by atoms with Crippen molar-refractivity contribution >= 4 is 23.7 Å². The van der Waals surface area contributed by atoms with Crippen LogP contribution in [0.4, 0.5) is 10.5 Å². The van der Waals surface area contributed by atoms with Gasteiger partial charge in [0.15, 0.2) is 0 Å². The van der Waals surface area contributed by atoms with Crippen LogP contribution in [0.5, 0.6) is 5.75 Å². The molecule has 2 aromatic carbocycles. The van der Waals surface area contributed by atoms with E-state index in [1.807, 2.05) is 43.3 Å². The number of anilines is 1. The lowest BCUT2D eigenvalue weighted by Crippen LogP contribution is -2.73. The highest BCUT2D eigenvalue weighted by Crippen LogP contribution is 2.43. The molecule has 0 aromatic heterocycles. The molecule has 0 saturated carbocycles. The number of hydrogen-bond acceptors (Lipinski definition) is 4. The number of fused-ring (bicyclic) bond motifs is 1. The zero-order valence-electron chi connectivity index (χ0n) is 17.7. The third-order valence-electron chi connectivity index (χ3n) is 6.04. The van der Waals surface area contributed by atoms with E-state index in [2.05, 4.69) is 5.32 Å². The number of carbonyl (C=O) groups excluding carboxylic acids is 2. The Morgan fingerprint density at radius 1 is 1.26 bits per heavy atom. The lowest BCUT2D eigenvalue weighted by Gasteiger charge is -2.58. The van der Waals surface area contributed by atoms with Gasteiger partial charge in [0.2, 0.25) is 5.91 Å². The molecule has 2 heterocycles. The van der Waals surface area contributed by atoms with E-state index in [1.165, 1.54) is 4.90 Å². The summed E-state index contributed by atoms with van der Waals surface area (Å²) < 4.78 is 5.20. The van der Waals surface area contributed by atoms with E-state index in [0.29, 0.717) is 18.0 Å². The average Bonchev–Trinajstić information content (AvgIpc) is 2.76. The van der Waals surface area contributed by atoms with Crippen LogP contribution in [0.2, 0.25) is 0 Å². The second-order valence-corrected chi connectivity index (χ2v) is 7.85. The van der Waals surface area contributed by atoms with Crippen molar-refractivity contribution < 1.29 is 19.4 Å². The van der Waals surface area contributed by atoms with E-state index in [1.54, 1.807) is 36.3 Å². The van der Waals surface area contributed by atoms with E-state index in [0.717, 1.165) is 11.1 Å². The molecule has 4 rings (SSSR count). The summed E-state index contributed by atoms with van der Waals surface area (Å²) in [5.41, 5.74) is 2.77. The number of amides is 3. The zero-order chi connectivity index (χ0) is 22.0. The molecule has 2 aliphatic rings. The van der Waals surface area contributed by atoms with Crippen LogP contribution in [-0.2, 0) is 4.79 Å². The van der Waals surface area contributed by atoms with Crippen molar-refractivity contribution in [3.8, 4) is 5.75 Å². The third kappa shape index (κ3) is 4.01. The number of urea groups is 1. The van der Waals surface area contributed by atoms with Gasteiger partial charge in [-0.15, -0.1) is 0 Å². The first-order chi connectivity index (χ1) is 15.0. The Morgan fingerprint density at radius 3 is 2.71 bits per heavy atom. The lowest BCUT2D eigenvalue weighted by molar-refractivity contribution is -0.159. The molecule has 0 spiro atoms. The minimum atomic E-state index is -0.323. The highest BCUT2D eigenvalue weighted by molar-refractivity contribution is 5.94. The molecule has 2 fully saturated rings. The summed E-state index contributed by atoms with van der Waals surface area (Å²) in [5, 5.41) is 12.8. The van der Waals surface area contributed by atoms with E-state index in [9.17, 15) is 14.7 Å². The fourth-order valence-corrected chi connectivity index (χ4v) is 4.58. The van der Waals surface area contributed by atoms with Crippen molar-refractivity contribution in [2.75, 3.05) is 32.1 Å². The normalized spacial score (nSPS) is 22.8. The summed E-state index contributed by atoms with van der Waals surface area (Å²) in [7, 11) is 1.57. The minimum Gasteiger partial charge on any atom is -0.497 e. The molecule has 3 amide bonds. The second-order valence-electron chi connectivity index (χ2n) is 7.85. The maximum atomic E-state index is 12.8. The van der Waals surface area contributed by atoms with Crippen LogP contribution in [0.15, 0.2) is 54.6 Å². The van der Waals surface area contributed by atoms with Gasteiger partial charge in [0.05, 0.1) is 25.8 Å². The van der Waals surface area contributed by atoms with Crippen molar-refractivity contribution in [3.63, 3.8) is 0 Å². The number of ether oxygens (including phenoxy) is 1. The number of aliphatic hydroxyl groups is 1. The topological polar surface area (TPSA) is 82.1 Å². The third-order valence-corrected chi connectivity index (χ3v) is 6.04. The fraction of sp³-hybridized carbons (Fsp3) is 0.333. The van der Waals surface area contributed by atoms with Crippen LogP contribution in [-0.4, -0.2) is 65.7 Å². The molecular formula is C24H27N3O4. The Hall–Kier alpha value is -3.32. The number of hydrogen-bond donors (Lipinski definition) is 2. The maximum absolute atomic E-state index is 12.8. The van der Waals surface area contributed by atoms with E-state index >= 15 is 0 Å². The highest BCUT2D eigenvalue weighted by atomic mass is 16.5. The zero-order valence-corrected chi connectivity index (χ0v) is 17.7. The maximum Gasteiger partial charge on any atom is 0.322 e. The van der Waals surface area contributed by atoms with Gasteiger partial charge in [0.1, 0.15) is 12.3 Å².